The summed E-state index contributed by atoms with van der Waals surface area (Å²) < 4.78 is 0. The molecule has 2 fully saturated rings. The molecule has 0 bridgehead atoms. The van der Waals surface area contributed by atoms with Gasteiger partial charge in [-0.15, -0.1) is 0 Å². The highest BCUT2D eigenvalue weighted by atomic mass is 32.2. The summed E-state index contributed by atoms with van der Waals surface area (Å²) in [5.41, 5.74) is 2.30. The van der Waals surface area contributed by atoms with Crippen LogP contribution in [0.25, 0.3) is 0 Å². The first-order valence-electron chi connectivity index (χ1n) is 10.6. The van der Waals surface area contributed by atoms with Gasteiger partial charge in [0.05, 0.1) is 12.1 Å². The van der Waals surface area contributed by atoms with E-state index >= 15 is 0 Å². The van der Waals surface area contributed by atoms with Crippen LogP contribution in [0.4, 0.5) is 4.79 Å². The number of carbonyl (C=O) groups excluding carboxylic acids is 1. The summed E-state index contributed by atoms with van der Waals surface area (Å²) in [6.45, 7) is 1.26. The molecule has 3 unspecified atom stereocenters. The van der Waals surface area contributed by atoms with Crippen molar-refractivity contribution in [2.45, 2.75) is 56.1 Å². The lowest BCUT2D eigenvalue weighted by Crippen LogP contribution is -2.40. The van der Waals surface area contributed by atoms with Crippen LogP contribution in [0.1, 0.15) is 36.8 Å². The zero-order valence-electron chi connectivity index (χ0n) is 17.0. The molecule has 3 atom stereocenters. The standard InChI is InChI=1S/C24H28N2O3S/c27-22(28)14-8-7-13-21-23-20(17-30-21)25(15-18-9-3-1-4-10-18)24(29)26(23)16-19-11-5-2-6-12-19/h1-6,9-12,20-21,23H,7-8,13-17H2,(H,27,28). The maximum absolute atomic E-state index is 13.5. The smallest absolute Gasteiger partial charge is 0.321 e. The number of urea groups is 1. The number of nitrogens with zero attached hydrogens (tertiary/aromatic N) is 2. The summed E-state index contributed by atoms with van der Waals surface area (Å²) in [5.74, 6) is 0.209. The minimum atomic E-state index is -0.734. The van der Waals surface area contributed by atoms with Crippen LogP contribution in [0.15, 0.2) is 60.7 Å². The van der Waals surface area contributed by atoms with Gasteiger partial charge in [0.25, 0.3) is 0 Å². The van der Waals surface area contributed by atoms with Crippen molar-refractivity contribution in [3.8, 4) is 0 Å². The molecule has 2 aromatic carbocycles. The second kappa shape index (κ2) is 9.56. The van der Waals surface area contributed by atoms with Crippen molar-refractivity contribution >= 4 is 23.8 Å². The van der Waals surface area contributed by atoms with E-state index in [1.165, 1.54) is 0 Å². The summed E-state index contributed by atoms with van der Waals surface area (Å²) in [6.07, 6.45) is 2.76. The first-order chi connectivity index (χ1) is 14.6. The number of rotatable bonds is 9. The van der Waals surface area contributed by atoms with Crippen LogP contribution >= 0.6 is 11.8 Å². The molecule has 2 saturated heterocycles. The lowest BCUT2D eigenvalue weighted by molar-refractivity contribution is -0.137. The number of carboxylic acids is 1. The largest absolute Gasteiger partial charge is 0.481 e. The van der Waals surface area contributed by atoms with E-state index in [1.807, 2.05) is 53.1 Å². The highest BCUT2D eigenvalue weighted by molar-refractivity contribution is 8.00. The molecular weight excluding hydrogens is 396 g/mol. The van der Waals surface area contributed by atoms with Crippen LogP contribution in [0, 0.1) is 0 Å². The minimum Gasteiger partial charge on any atom is -0.481 e. The van der Waals surface area contributed by atoms with E-state index in [0.717, 1.165) is 29.7 Å². The molecule has 6 heteroatoms. The van der Waals surface area contributed by atoms with E-state index in [4.69, 9.17) is 5.11 Å². The van der Waals surface area contributed by atoms with Crippen molar-refractivity contribution in [3.05, 3.63) is 71.8 Å². The van der Waals surface area contributed by atoms with Crippen LogP contribution in [0.5, 0.6) is 0 Å². The molecule has 0 spiro atoms. The van der Waals surface area contributed by atoms with Gasteiger partial charge in [-0.25, -0.2) is 4.79 Å². The lowest BCUT2D eigenvalue weighted by atomic mass is 10.0. The van der Waals surface area contributed by atoms with E-state index in [2.05, 4.69) is 29.2 Å². The molecule has 0 radical (unpaired) electrons. The lowest BCUT2D eigenvalue weighted by Gasteiger charge is -2.27. The van der Waals surface area contributed by atoms with Gasteiger partial charge in [0.1, 0.15) is 0 Å². The second-order valence-electron chi connectivity index (χ2n) is 8.08. The van der Waals surface area contributed by atoms with Gasteiger partial charge in [0, 0.05) is 30.5 Å². The van der Waals surface area contributed by atoms with Gasteiger partial charge < -0.3 is 14.9 Å². The fourth-order valence-electron chi connectivity index (χ4n) is 4.58. The molecule has 0 aromatic heterocycles. The third kappa shape index (κ3) is 4.64. The summed E-state index contributed by atoms with van der Waals surface area (Å²) in [5, 5.41) is 9.27. The molecule has 0 aliphatic carbocycles. The number of carboxylic acid groups (broad SMARTS) is 1. The molecular formula is C24H28N2O3S. The Bertz CT molecular complexity index is 861. The number of aliphatic carboxylic acids is 1. The Hall–Kier alpha value is -2.47. The molecule has 2 heterocycles. The molecule has 158 valence electrons. The second-order valence-corrected chi connectivity index (χ2v) is 9.35. The van der Waals surface area contributed by atoms with Crippen LogP contribution in [0.2, 0.25) is 0 Å². The zero-order chi connectivity index (χ0) is 20.9. The van der Waals surface area contributed by atoms with Crippen molar-refractivity contribution in [2.75, 3.05) is 5.75 Å². The van der Waals surface area contributed by atoms with E-state index in [0.29, 0.717) is 24.8 Å². The minimum absolute atomic E-state index is 0.119. The first-order valence-corrected chi connectivity index (χ1v) is 11.7. The number of thioether (sulfide) groups is 1. The van der Waals surface area contributed by atoms with Gasteiger partial charge in [-0.05, 0) is 24.0 Å². The maximum Gasteiger partial charge on any atom is 0.321 e. The fourth-order valence-corrected chi connectivity index (χ4v) is 6.26. The first kappa shape index (κ1) is 20.8. The summed E-state index contributed by atoms with van der Waals surface area (Å²) in [7, 11) is 0. The third-order valence-electron chi connectivity index (χ3n) is 6.03. The maximum atomic E-state index is 13.5. The van der Waals surface area contributed by atoms with Gasteiger partial charge in [-0.3, -0.25) is 4.79 Å². The van der Waals surface area contributed by atoms with Gasteiger partial charge in [-0.1, -0.05) is 67.1 Å². The van der Waals surface area contributed by atoms with Crippen molar-refractivity contribution in [1.82, 2.24) is 9.80 Å². The number of carbonyl (C=O) groups is 2. The number of hydrogen-bond acceptors (Lipinski definition) is 3. The molecule has 4 rings (SSSR count). The van der Waals surface area contributed by atoms with Crippen LogP contribution in [-0.2, 0) is 17.9 Å². The summed E-state index contributed by atoms with van der Waals surface area (Å²) in [6, 6.07) is 20.9. The summed E-state index contributed by atoms with van der Waals surface area (Å²) >= 11 is 1.94. The Labute approximate surface area is 182 Å². The number of amides is 2. The quantitative estimate of drug-likeness (QED) is 0.471. The fraction of sp³-hybridized carbons (Fsp3) is 0.417. The predicted molar refractivity (Wildman–Crippen MR) is 119 cm³/mol. The Kier molecular flexibility index (Phi) is 6.62. The molecule has 2 aromatic rings. The number of hydrogen-bond donors (Lipinski definition) is 1. The molecule has 30 heavy (non-hydrogen) atoms. The molecule has 2 amide bonds. The van der Waals surface area contributed by atoms with Crippen molar-refractivity contribution < 1.29 is 14.7 Å². The van der Waals surface area contributed by atoms with Gasteiger partial charge in [0.2, 0.25) is 0 Å². The summed E-state index contributed by atoms with van der Waals surface area (Å²) in [4.78, 5) is 28.4. The molecule has 5 nitrogen and oxygen atoms in total. The molecule has 0 saturated carbocycles. The van der Waals surface area contributed by atoms with Gasteiger partial charge in [-0.2, -0.15) is 11.8 Å². The van der Waals surface area contributed by atoms with Crippen molar-refractivity contribution in [2.24, 2.45) is 0 Å². The van der Waals surface area contributed by atoms with E-state index < -0.39 is 5.97 Å². The number of unbranched alkanes of at least 4 members (excludes halogenated alkanes) is 1. The molecule has 2 aliphatic rings. The van der Waals surface area contributed by atoms with E-state index in [9.17, 15) is 9.59 Å². The normalized spacial score (nSPS) is 23.1. The van der Waals surface area contributed by atoms with E-state index in [1.54, 1.807) is 0 Å². The Morgan fingerprint density at radius 3 is 2.13 bits per heavy atom. The van der Waals surface area contributed by atoms with Gasteiger partial charge in [0.15, 0.2) is 0 Å². The average molecular weight is 425 g/mol. The van der Waals surface area contributed by atoms with E-state index in [-0.39, 0.29) is 24.5 Å². The van der Waals surface area contributed by atoms with Gasteiger partial charge >= 0.3 is 12.0 Å². The monoisotopic (exact) mass is 424 g/mol. The highest BCUT2D eigenvalue weighted by Gasteiger charge is 2.52. The van der Waals surface area contributed by atoms with Crippen LogP contribution in [0.3, 0.4) is 0 Å². The zero-order valence-corrected chi connectivity index (χ0v) is 17.8. The highest BCUT2D eigenvalue weighted by Crippen LogP contribution is 2.42. The SMILES string of the molecule is O=C(O)CCCCC1SCC2C1N(Cc1ccccc1)C(=O)N2Cc1ccccc1. The predicted octanol–water partition coefficient (Wildman–Crippen LogP) is 4.62. The number of fused-ring (bicyclic) bond motifs is 1. The Morgan fingerprint density at radius 2 is 1.53 bits per heavy atom. The Balaban J connectivity index is 1.51. The van der Waals surface area contributed by atoms with Crippen molar-refractivity contribution in [1.29, 1.82) is 0 Å². The van der Waals surface area contributed by atoms with Crippen LogP contribution < -0.4 is 0 Å². The third-order valence-corrected chi connectivity index (χ3v) is 7.51. The average Bonchev–Trinajstić information content (AvgIpc) is 3.27. The Morgan fingerprint density at radius 1 is 0.933 bits per heavy atom. The number of benzene rings is 2. The van der Waals surface area contributed by atoms with Crippen LogP contribution in [-0.4, -0.2) is 50.0 Å². The topological polar surface area (TPSA) is 60.9 Å². The molecule has 1 N–H and O–H groups in total. The van der Waals surface area contributed by atoms with Crippen molar-refractivity contribution in [3.63, 3.8) is 0 Å². The molecule has 2 aliphatic heterocycles.